The number of thiophene rings is 2. The van der Waals surface area contributed by atoms with Crippen molar-refractivity contribution < 1.29 is 0 Å². The van der Waals surface area contributed by atoms with E-state index in [1.807, 2.05) is 47.2 Å². The lowest BCUT2D eigenvalue weighted by atomic mass is 10.3. The second-order valence-corrected chi connectivity index (χ2v) is 6.76. The van der Waals surface area contributed by atoms with Crippen molar-refractivity contribution in [3.63, 3.8) is 0 Å². The zero-order valence-corrected chi connectivity index (χ0v) is 14.0. The number of aromatic nitrogens is 4. The Morgan fingerprint density at radius 2 is 1.29 bits per heavy atom. The predicted molar refractivity (Wildman–Crippen MR) is 99.0 cm³/mol. The highest BCUT2D eigenvalue weighted by Crippen LogP contribution is 2.23. The fraction of sp³-hybridized carbons (Fsp3) is 0. The van der Waals surface area contributed by atoms with Gasteiger partial charge in [0.25, 0.3) is 0 Å². The maximum absolute atomic E-state index is 4.25. The van der Waals surface area contributed by atoms with Gasteiger partial charge in [0.2, 0.25) is 0 Å². The van der Waals surface area contributed by atoms with E-state index in [1.165, 1.54) is 0 Å². The third-order valence-electron chi connectivity index (χ3n) is 3.20. The van der Waals surface area contributed by atoms with Crippen LogP contribution in [0.25, 0.3) is 21.1 Å². The largest absolute Gasteiger partial charge is 0.276 e. The average Bonchev–Trinajstić information content (AvgIpc) is 3.40. The van der Waals surface area contributed by atoms with Crippen molar-refractivity contribution in [1.29, 1.82) is 0 Å². The van der Waals surface area contributed by atoms with E-state index < -0.39 is 0 Å². The molecular weight excluding hydrogens is 340 g/mol. The van der Waals surface area contributed by atoms with Crippen molar-refractivity contribution in [2.45, 2.75) is 0 Å². The van der Waals surface area contributed by atoms with Crippen LogP contribution >= 0.6 is 22.7 Å². The molecule has 0 aliphatic heterocycles. The number of nitrogens with one attached hydrogen (secondary N) is 2. The zero-order valence-electron chi connectivity index (χ0n) is 12.4. The number of hydrogen-bond acceptors (Lipinski definition) is 6. The summed E-state index contributed by atoms with van der Waals surface area (Å²) in [6.07, 6.45) is 3.27. The summed E-state index contributed by atoms with van der Waals surface area (Å²) in [7, 11) is 0. The molecule has 8 heteroatoms. The SMILES string of the molecule is C(=NN=Cc1cc(-c2cccs2)n[nH]1)c1cc(-c2cccs2)n[nH]1. The molecule has 0 bridgehead atoms. The molecule has 0 saturated carbocycles. The summed E-state index contributed by atoms with van der Waals surface area (Å²) < 4.78 is 0. The van der Waals surface area contributed by atoms with E-state index in [0.717, 1.165) is 32.5 Å². The van der Waals surface area contributed by atoms with Crippen molar-refractivity contribution in [3.05, 3.63) is 58.5 Å². The third-order valence-corrected chi connectivity index (χ3v) is 4.99. The first kappa shape index (κ1) is 14.7. The van der Waals surface area contributed by atoms with E-state index in [9.17, 15) is 0 Å². The normalized spacial score (nSPS) is 11.8. The van der Waals surface area contributed by atoms with Gasteiger partial charge in [0.1, 0.15) is 11.4 Å². The summed E-state index contributed by atoms with van der Waals surface area (Å²) >= 11 is 3.30. The van der Waals surface area contributed by atoms with Crippen LogP contribution in [0.1, 0.15) is 11.4 Å². The lowest BCUT2D eigenvalue weighted by Crippen LogP contribution is -1.81. The van der Waals surface area contributed by atoms with Crippen molar-refractivity contribution in [2.75, 3.05) is 0 Å². The summed E-state index contributed by atoms with van der Waals surface area (Å²) in [4.78, 5) is 2.24. The predicted octanol–water partition coefficient (Wildman–Crippen LogP) is 4.04. The number of hydrogen-bond donors (Lipinski definition) is 2. The van der Waals surface area contributed by atoms with Crippen LogP contribution in [0.4, 0.5) is 0 Å². The molecule has 2 N–H and O–H groups in total. The maximum atomic E-state index is 4.25. The van der Waals surface area contributed by atoms with E-state index in [1.54, 1.807) is 35.1 Å². The van der Waals surface area contributed by atoms with Gasteiger partial charge in [0.05, 0.1) is 33.6 Å². The van der Waals surface area contributed by atoms with E-state index in [4.69, 9.17) is 0 Å². The Kier molecular flexibility index (Phi) is 4.13. The smallest absolute Gasteiger partial charge is 0.103 e. The number of H-pyrrole nitrogens is 2. The van der Waals surface area contributed by atoms with E-state index in [2.05, 4.69) is 30.6 Å². The highest BCUT2D eigenvalue weighted by Gasteiger charge is 2.03. The molecule has 118 valence electrons. The van der Waals surface area contributed by atoms with Gasteiger partial charge in [0, 0.05) is 0 Å². The topological polar surface area (TPSA) is 82.1 Å². The quantitative estimate of drug-likeness (QED) is 0.420. The molecule has 24 heavy (non-hydrogen) atoms. The van der Waals surface area contributed by atoms with Gasteiger partial charge < -0.3 is 0 Å². The van der Waals surface area contributed by atoms with Gasteiger partial charge in [-0.3, -0.25) is 10.2 Å². The Bertz CT molecular complexity index is 880. The Labute approximate surface area is 145 Å². The minimum absolute atomic E-state index is 0.805. The first-order valence-electron chi connectivity index (χ1n) is 7.13. The highest BCUT2D eigenvalue weighted by atomic mass is 32.1. The highest BCUT2D eigenvalue weighted by molar-refractivity contribution is 7.13. The molecule has 4 rings (SSSR count). The first-order valence-corrected chi connectivity index (χ1v) is 8.89. The lowest BCUT2D eigenvalue weighted by molar-refractivity contribution is 1.08. The van der Waals surface area contributed by atoms with Gasteiger partial charge in [-0.2, -0.15) is 20.4 Å². The minimum atomic E-state index is 0.805. The average molecular weight is 352 g/mol. The number of rotatable bonds is 5. The Hall–Kier alpha value is -2.84. The molecular formula is C16H12N6S2. The summed E-state index contributed by atoms with van der Waals surface area (Å²) in [5.74, 6) is 0. The van der Waals surface area contributed by atoms with Gasteiger partial charge in [-0.05, 0) is 35.0 Å². The van der Waals surface area contributed by atoms with Crippen LogP contribution in [0, 0.1) is 0 Å². The van der Waals surface area contributed by atoms with E-state index >= 15 is 0 Å². The molecule has 0 saturated heterocycles. The lowest BCUT2D eigenvalue weighted by Gasteiger charge is -1.84. The minimum Gasteiger partial charge on any atom is -0.276 e. The second-order valence-electron chi connectivity index (χ2n) is 4.86. The Balaban J connectivity index is 1.41. The van der Waals surface area contributed by atoms with E-state index in [-0.39, 0.29) is 0 Å². The molecule has 4 heterocycles. The summed E-state index contributed by atoms with van der Waals surface area (Å²) in [6, 6.07) is 11.9. The molecule has 0 aliphatic carbocycles. The first-order chi connectivity index (χ1) is 11.9. The van der Waals surface area contributed by atoms with Gasteiger partial charge >= 0.3 is 0 Å². The third kappa shape index (κ3) is 3.24. The zero-order chi connectivity index (χ0) is 16.2. The van der Waals surface area contributed by atoms with Crippen molar-refractivity contribution in [1.82, 2.24) is 20.4 Å². The van der Waals surface area contributed by atoms with Crippen molar-refractivity contribution >= 4 is 35.1 Å². The summed E-state index contributed by atoms with van der Waals surface area (Å²) in [5.41, 5.74) is 3.42. The molecule has 0 atom stereocenters. The molecule has 0 radical (unpaired) electrons. The molecule has 0 amide bonds. The molecule has 4 aromatic rings. The molecule has 0 fully saturated rings. The van der Waals surface area contributed by atoms with Crippen LogP contribution in [0.2, 0.25) is 0 Å². The number of nitrogens with zero attached hydrogens (tertiary/aromatic N) is 4. The molecule has 0 unspecified atom stereocenters. The molecule has 0 spiro atoms. The molecule has 0 aromatic carbocycles. The maximum Gasteiger partial charge on any atom is 0.103 e. The fourth-order valence-corrected chi connectivity index (χ4v) is 3.47. The molecule has 6 nitrogen and oxygen atoms in total. The summed E-state index contributed by atoms with van der Waals surface area (Å²) in [6.45, 7) is 0. The van der Waals surface area contributed by atoms with Crippen LogP contribution in [0.15, 0.2) is 57.4 Å². The Morgan fingerprint density at radius 1 is 0.792 bits per heavy atom. The van der Waals surface area contributed by atoms with Crippen molar-refractivity contribution in [3.8, 4) is 21.1 Å². The molecule has 4 aromatic heterocycles. The summed E-state index contributed by atoms with van der Waals surface area (Å²) in [5, 5.41) is 26.5. The van der Waals surface area contributed by atoms with Crippen LogP contribution in [0.3, 0.4) is 0 Å². The van der Waals surface area contributed by atoms with E-state index in [0.29, 0.717) is 0 Å². The standard InChI is InChI=1S/C16H12N6S2/c1-3-15(23-5-1)13-7-11(19-21-13)9-17-18-10-12-8-14(22-20-12)16-4-2-6-24-16/h1-10H,(H,19,21)(H,20,22). The fourth-order valence-electron chi connectivity index (χ4n) is 2.10. The van der Waals surface area contributed by atoms with Crippen LogP contribution < -0.4 is 0 Å². The monoisotopic (exact) mass is 352 g/mol. The molecule has 0 aliphatic rings. The van der Waals surface area contributed by atoms with Crippen molar-refractivity contribution in [2.24, 2.45) is 10.2 Å². The van der Waals surface area contributed by atoms with Crippen LogP contribution in [-0.2, 0) is 0 Å². The Morgan fingerprint density at radius 3 is 1.71 bits per heavy atom. The van der Waals surface area contributed by atoms with Gasteiger partial charge in [0.15, 0.2) is 0 Å². The van der Waals surface area contributed by atoms with Gasteiger partial charge in [-0.15, -0.1) is 22.7 Å². The van der Waals surface area contributed by atoms with Gasteiger partial charge in [-0.1, -0.05) is 12.1 Å². The second kappa shape index (κ2) is 6.73. The van der Waals surface area contributed by atoms with Crippen LogP contribution in [-0.4, -0.2) is 32.8 Å². The van der Waals surface area contributed by atoms with Gasteiger partial charge in [-0.25, -0.2) is 0 Å². The number of aromatic amines is 2. The van der Waals surface area contributed by atoms with Crippen LogP contribution in [0.5, 0.6) is 0 Å².